The van der Waals surface area contributed by atoms with Gasteiger partial charge in [-0.15, -0.1) is 0 Å². The number of methoxy groups -OCH3 is 1. The molecule has 5 aromatic rings. The van der Waals surface area contributed by atoms with E-state index in [0.717, 1.165) is 36.0 Å². The van der Waals surface area contributed by atoms with Crippen LogP contribution in [0.2, 0.25) is 0 Å². The fourth-order valence-electron chi connectivity index (χ4n) is 10.2. The molecular formula is C50H60BrF3N6O6. The minimum Gasteiger partial charge on any atom is -0.468 e. The number of carbonyl (C=O) groups is 3. The van der Waals surface area contributed by atoms with Crippen LogP contribution in [0.3, 0.4) is 0 Å². The molecule has 66 heavy (non-hydrogen) atoms. The summed E-state index contributed by atoms with van der Waals surface area (Å²) in [7, 11) is 1.39. The minimum atomic E-state index is -0.943. The molecule has 2 amide bonds. The fraction of sp³-hybridized carbons (Fsp3) is 0.420. The highest BCUT2D eigenvalue weighted by atomic mass is 79.9. The number of nitrogens with zero attached hydrogens (tertiary/aromatic N) is 4. The van der Waals surface area contributed by atoms with Gasteiger partial charge in [0.05, 0.1) is 23.4 Å². The molecule has 3 aliphatic carbocycles. The molecule has 0 radical (unpaired) electrons. The topological polar surface area (TPSA) is 177 Å². The molecular weight excluding hydrogens is 917 g/mol. The zero-order valence-corrected chi connectivity index (χ0v) is 37.7. The second kappa shape index (κ2) is 22.7. The molecule has 2 unspecified atom stereocenters. The van der Waals surface area contributed by atoms with Gasteiger partial charge in [-0.3, -0.25) is 24.8 Å². The first-order chi connectivity index (χ1) is 30.7. The lowest BCUT2D eigenvalue weighted by atomic mass is 9.75. The van der Waals surface area contributed by atoms with Crippen LogP contribution < -0.4 is 11.0 Å². The number of rotatable bonds is 8. The first-order valence-electron chi connectivity index (χ1n) is 21.1. The summed E-state index contributed by atoms with van der Waals surface area (Å²) in [5.74, 6) is -2.03. The van der Waals surface area contributed by atoms with Gasteiger partial charge < -0.3 is 4.74 Å². The molecule has 12 nitrogen and oxygen atoms in total. The van der Waals surface area contributed by atoms with Crippen molar-refractivity contribution in [1.29, 1.82) is 0 Å². The van der Waals surface area contributed by atoms with Crippen LogP contribution in [0.15, 0.2) is 92.0 Å². The number of carbonyl (C=O) groups excluding carboxylic acids is 3. The van der Waals surface area contributed by atoms with Gasteiger partial charge in [-0.25, -0.2) is 44.1 Å². The van der Waals surface area contributed by atoms with Gasteiger partial charge in [0.25, 0.3) is 11.8 Å². The molecule has 0 spiro atoms. The molecule has 8 rings (SSSR count). The number of hydroxylamine groups is 2. The maximum Gasteiger partial charge on any atom is 0.316 e. The quantitative estimate of drug-likeness (QED) is 0.0507. The average Bonchev–Trinajstić information content (AvgIpc) is 4.08. The number of hydrogen-bond acceptors (Lipinski definition) is 10. The Hall–Kier alpha value is -5.58. The van der Waals surface area contributed by atoms with E-state index in [1.807, 2.05) is 6.07 Å². The molecule has 0 saturated heterocycles. The molecule has 3 saturated carbocycles. The Balaban J connectivity index is 0.000000215. The number of hydrogen-bond donors (Lipinski definition) is 4. The maximum absolute atomic E-state index is 14.0. The lowest BCUT2D eigenvalue weighted by Gasteiger charge is -2.29. The van der Waals surface area contributed by atoms with Gasteiger partial charge in [0.2, 0.25) is 0 Å². The van der Waals surface area contributed by atoms with Gasteiger partial charge in [0.15, 0.2) is 0 Å². The predicted molar refractivity (Wildman–Crippen MR) is 248 cm³/mol. The molecule has 2 heterocycles. The van der Waals surface area contributed by atoms with Crippen molar-refractivity contribution in [2.45, 2.75) is 126 Å². The van der Waals surface area contributed by atoms with E-state index in [9.17, 15) is 38.0 Å². The minimum absolute atomic E-state index is 0. The molecule has 2 aromatic heterocycles. The second-order valence-corrected chi connectivity index (χ2v) is 18.2. The Morgan fingerprint density at radius 1 is 0.606 bits per heavy atom. The number of nitrogens with one attached hydrogen (secondary N) is 2. The summed E-state index contributed by atoms with van der Waals surface area (Å²) in [6.45, 7) is 5.04. The van der Waals surface area contributed by atoms with Crippen LogP contribution >= 0.6 is 15.9 Å². The van der Waals surface area contributed by atoms with Gasteiger partial charge in [-0.2, -0.15) is 0 Å². The van der Waals surface area contributed by atoms with E-state index < -0.39 is 28.1 Å². The number of aromatic nitrogens is 4. The third kappa shape index (κ3) is 10.5. The number of benzene rings is 3. The van der Waals surface area contributed by atoms with Crippen molar-refractivity contribution < 1.29 is 42.7 Å². The smallest absolute Gasteiger partial charge is 0.316 e. The monoisotopic (exact) mass is 976 g/mol. The summed E-state index contributed by atoms with van der Waals surface area (Å²) in [6, 6.07) is 14.4. The number of alkyl halides is 1. The first-order valence-corrected chi connectivity index (χ1v) is 22.0. The Morgan fingerprint density at radius 3 is 1.27 bits per heavy atom. The zero-order chi connectivity index (χ0) is 46.2. The van der Waals surface area contributed by atoms with Crippen LogP contribution in [0.1, 0.15) is 129 Å². The van der Waals surface area contributed by atoms with Crippen molar-refractivity contribution >= 4 is 33.7 Å². The second-order valence-electron chi connectivity index (χ2n) is 16.9. The van der Waals surface area contributed by atoms with Crippen molar-refractivity contribution in [2.24, 2.45) is 0 Å². The highest BCUT2D eigenvalue weighted by Gasteiger charge is 2.50. The lowest BCUT2D eigenvalue weighted by Crippen LogP contribution is -2.42. The summed E-state index contributed by atoms with van der Waals surface area (Å²) in [5.41, 5.74) is 6.32. The van der Waals surface area contributed by atoms with Gasteiger partial charge >= 0.3 is 5.97 Å². The van der Waals surface area contributed by atoms with Crippen LogP contribution in [0, 0.1) is 38.2 Å². The Kier molecular flexibility index (Phi) is 18.3. The van der Waals surface area contributed by atoms with Crippen molar-refractivity contribution in [3.05, 3.63) is 154 Å². The fourth-order valence-corrected chi connectivity index (χ4v) is 10.9. The molecule has 0 aliphatic heterocycles. The summed E-state index contributed by atoms with van der Waals surface area (Å²) in [4.78, 5) is 53.5. The molecule has 3 fully saturated rings. The van der Waals surface area contributed by atoms with Gasteiger partial charge in [0, 0.05) is 29.6 Å². The Labute approximate surface area is 393 Å². The Morgan fingerprint density at radius 2 is 0.955 bits per heavy atom. The van der Waals surface area contributed by atoms with Crippen molar-refractivity contribution in [2.75, 3.05) is 7.11 Å². The van der Waals surface area contributed by atoms with E-state index >= 15 is 0 Å². The van der Waals surface area contributed by atoms with Crippen LogP contribution in [0.5, 0.6) is 0 Å². The lowest BCUT2D eigenvalue weighted by molar-refractivity contribution is -0.147. The van der Waals surface area contributed by atoms with Gasteiger partial charge in [-0.1, -0.05) is 67.2 Å². The van der Waals surface area contributed by atoms with Gasteiger partial charge in [-0.05, 0) is 153 Å². The SMILES string of the molecule is C.C.COC(=O)C1(c2cccc(F)c2C)CCC(Br)C1.Cc1c(F)cccc1[C@]1(C(=O)NO)CC[C@@H](c2cncnc2)C1.Cc1c(F)cccc1[C@]1(C(=O)NO)CC[C@H](c2cncnc2)C1. The summed E-state index contributed by atoms with van der Waals surface area (Å²) in [6.07, 6.45) is 15.6. The van der Waals surface area contributed by atoms with Crippen molar-refractivity contribution in [3.8, 4) is 0 Å². The molecule has 4 N–H and O–H groups in total. The van der Waals surface area contributed by atoms with E-state index in [0.29, 0.717) is 66.3 Å². The van der Waals surface area contributed by atoms with Crippen molar-refractivity contribution in [3.63, 3.8) is 0 Å². The zero-order valence-electron chi connectivity index (χ0n) is 36.1. The first kappa shape index (κ1) is 53.0. The number of esters is 1. The van der Waals surface area contributed by atoms with Gasteiger partial charge in [0.1, 0.15) is 30.1 Å². The molecule has 354 valence electrons. The van der Waals surface area contributed by atoms with Crippen molar-refractivity contribution in [1.82, 2.24) is 30.9 Å². The van der Waals surface area contributed by atoms with Crippen LogP contribution in [0.4, 0.5) is 13.2 Å². The summed E-state index contributed by atoms with van der Waals surface area (Å²) >= 11 is 3.55. The third-order valence-electron chi connectivity index (χ3n) is 13.6. The number of halogens is 4. The summed E-state index contributed by atoms with van der Waals surface area (Å²) in [5, 5.41) is 18.4. The molecule has 3 aromatic carbocycles. The number of ether oxygens (including phenoxy) is 1. The molecule has 6 atom stereocenters. The van der Waals surface area contributed by atoms with E-state index in [4.69, 9.17) is 4.74 Å². The highest BCUT2D eigenvalue weighted by Crippen LogP contribution is 2.51. The van der Waals surface area contributed by atoms with E-state index in [2.05, 4.69) is 35.9 Å². The van der Waals surface area contributed by atoms with Crippen LogP contribution in [-0.2, 0) is 35.4 Å². The maximum atomic E-state index is 14.0. The standard InChI is InChI=1S/2C17H18FN3O2.C14H16BrFO2.2CH4/c2*1-11-14(3-2-4-15(11)18)17(16(22)21-23)6-5-12(7-17)13-8-19-10-20-9-13;1-9-11(4-3-5-12(9)16)14(13(17)18-2)7-6-10(15)8-14;;/h2*2-4,8-10,12,23H,5-7H2,1H3,(H,21,22);3-5,10H,6-8H2,1-2H3;2*1H4/t12-,17+;12-,17-;;;/m10.../s1. The highest BCUT2D eigenvalue weighted by molar-refractivity contribution is 9.09. The summed E-state index contributed by atoms with van der Waals surface area (Å²) < 4.78 is 46.6. The van der Waals surface area contributed by atoms with Crippen LogP contribution in [-0.4, -0.2) is 60.1 Å². The normalized spacial score (nSPS) is 23.9. The Bertz CT molecular complexity index is 2330. The van der Waals surface area contributed by atoms with Crippen LogP contribution in [0.25, 0.3) is 0 Å². The largest absolute Gasteiger partial charge is 0.468 e. The molecule has 0 bridgehead atoms. The van der Waals surface area contributed by atoms with E-state index in [-0.39, 0.29) is 54.9 Å². The van der Waals surface area contributed by atoms with E-state index in [1.54, 1.807) is 86.9 Å². The van der Waals surface area contributed by atoms with E-state index in [1.165, 1.54) is 38.0 Å². The molecule has 3 aliphatic rings. The number of amides is 2. The predicted octanol–water partition coefficient (Wildman–Crippen LogP) is 10.0. The third-order valence-corrected chi connectivity index (χ3v) is 14.4. The average molecular weight is 978 g/mol. The molecule has 16 heteroatoms.